The number of hydrogen-bond acceptors (Lipinski definition) is 7. The zero-order valence-corrected chi connectivity index (χ0v) is 20.8. The number of ether oxygens (including phenoxy) is 1. The van der Waals surface area contributed by atoms with Crippen molar-refractivity contribution in [2.24, 2.45) is 0 Å². The van der Waals surface area contributed by atoms with E-state index in [2.05, 4.69) is 5.32 Å². The van der Waals surface area contributed by atoms with Gasteiger partial charge in [0, 0.05) is 17.3 Å². The Morgan fingerprint density at radius 1 is 1.06 bits per heavy atom. The van der Waals surface area contributed by atoms with Crippen molar-refractivity contribution in [3.05, 3.63) is 82.0 Å². The highest BCUT2D eigenvalue weighted by Gasteiger charge is 2.36. The summed E-state index contributed by atoms with van der Waals surface area (Å²) in [5.74, 6) is -0.507. The van der Waals surface area contributed by atoms with Gasteiger partial charge < -0.3 is 14.5 Å². The third kappa shape index (κ3) is 5.41. The lowest BCUT2D eigenvalue weighted by Crippen LogP contribution is -2.36. The van der Waals surface area contributed by atoms with Gasteiger partial charge >= 0.3 is 5.97 Å². The van der Waals surface area contributed by atoms with Crippen LogP contribution in [0.2, 0.25) is 0 Å². The Hall–Kier alpha value is -4.11. The summed E-state index contributed by atoms with van der Waals surface area (Å²) in [6.45, 7) is 5.48. The number of imide groups is 1. The Morgan fingerprint density at radius 3 is 2.53 bits per heavy atom. The molecule has 1 aliphatic heterocycles. The SMILES string of the molecule is CCOC(=O)c1ccc(-c2ccc(/C=C3/SC(=O)N(CC(=O)Nc4cccc(C)c4C)C3=O)o2)cc1. The van der Waals surface area contributed by atoms with Gasteiger partial charge in [0.1, 0.15) is 18.1 Å². The van der Waals surface area contributed by atoms with Crippen LogP contribution in [-0.2, 0) is 14.3 Å². The van der Waals surface area contributed by atoms with E-state index in [9.17, 15) is 19.2 Å². The molecule has 1 fully saturated rings. The van der Waals surface area contributed by atoms with Gasteiger partial charge in [-0.05, 0) is 74.0 Å². The molecule has 0 spiro atoms. The molecule has 1 aliphatic rings. The summed E-state index contributed by atoms with van der Waals surface area (Å²) in [4.78, 5) is 50.7. The molecule has 2 heterocycles. The van der Waals surface area contributed by atoms with Crippen molar-refractivity contribution < 1.29 is 28.3 Å². The maximum atomic E-state index is 12.8. The molecular formula is C27H24N2O6S. The van der Waals surface area contributed by atoms with Crippen LogP contribution in [0, 0.1) is 13.8 Å². The van der Waals surface area contributed by atoms with Gasteiger partial charge in [0.05, 0.1) is 17.1 Å². The van der Waals surface area contributed by atoms with Crippen LogP contribution in [0.1, 0.15) is 34.2 Å². The van der Waals surface area contributed by atoms with Crippen LogP contribution in [0.25, 0.3) is 17.4 Å². The van der Waals surface area contributed by atoms with E-state index in [0.717, 1.165) is 33.4 Å². The predicted octanol–water partition coefficient (Wildman–Crippen LogP) is 5.42. The van der Waals surface area contributed by atoms with Crippen molar-refractivity contribution >= 4 is 46.5 Å². The zero-order valence-electron chi connectivity index (χ0n) is 20.0. The first kappa shape index (κ1) is 25.0. The predicted molar refractivity (Wildman–Crippen MR) is 137 cm³/mol. The van der Waals surface area contributed by atoms with Gasteiger partial charge in [-0.25, -0.2) is 4.79 Å². The van der Waals surface area contributed by atoms with Crippen LogP contribution in [0.3, 0.4) is 0 Å². The number of carbonyl (C=O) groups excluding carboxylic acids is 4. The molecule has 9 heteroatoms. The Labute approximate surface area is 212 Å². The van der Waals surface area contributed by atoms with Gasteiger partial charge in [-0.15, -0.1) is 0 Å². The van der Waals surface area contributed by atoms with Crippen molar-refractivity contribution in [3.8, 4) is 11.3 Å². The number of rotatable bonds is 7. The zero-order chi connectivity index (χ0) is 25.8. The minimum atomic E-state index is -0.558. The van der Waals surface area contributed by atoms with E-state index >= 15 is 0 Å². The highest BCUT2D eigenvalue weighted by atomic mass is 32.2. The molecule has 0 saturated carbocycles. The fourth-order valence-corrected chi connectivity index (χ4v) is 4.37. The summed E-state index contributed by atoms with van der Waals surface area (Å²) in [7, 11) is 0. The number of hydrogen-bond donors (Lipinski definition) is 1. The number of benzene rings is 2. The molecule has 0 radical (unpaired) electrons. The number of thioether (sulfide) groups is 1. The van der Waals surface area contributed by atoms with Crippen LogP contribution in [0.15, 0.2) is 63.9 Å². The lowest BCUT2D eigenvalue weighted by Gasteiger charge is -2.14. The number of nitrogens with one attached hydrogen (secondary N) is 1. The van der Waals surface area contributed by atoms with Crippen LogP contribution in [-0.4, -0.2) is 41.1 Å². The quantitative estimate of drug-likeness (QED) is 0.338. The molecule has 0 atom stereocenters. The summed E-state index contributed by atoms with van der Waals surface area (Å²) >= 11 is 0.753. The smallest absolute Gasteiger partial charge is 0.338 e. The number of aryl methyl sites for hydroxylation is 1. The van der Waals surface area contributed by atoms with E-state index in [1.165, 1.54) is 6.08 Å². The molecule has 1 N–H and O–H groups in total. The summed E-state index contributed by atoms with van der Waals surface area (Å²) in [6, 6.07) is 15.7. The van der Waals surface area contributed by atoms with Gasteiger partial charge in [-0.1, -0.05) is 24.3 Å². The van der Waals surface area contributed by atoms with E-state index in [4.69, 9.17) is 9.15 Å². The van der Waals surface area contributed by atoms with E-state index in [1.54, 1.807) is 49.4 Å². The first-order chi connectivity index (χ1) is 17.3. The second kappa shape index (κ2) is 10.7. The van der Waals surface area contributed by atoms with Gasteiger partial charge in [0.25, 0.3) is 11.1 Å². The molecule has 3 amide bonds. The van der Waals surface area contributed by atoms with Gasteiger partial charge in [-0.2, -0.15) is 0 Å². The third-order valence-corrected chi connectivity index (χ3v) is 6.54. The fourth-order valence-electron chi connectivity index (χ4n) is 3.56. The highest BCUT2D eigenvalue weighted by molar-refractivity contribution is 8.18. The summed E-state index contributed by atoms with van der Waals surface area (Å²) in [6.07, 6.45) is 1.48. The number of amides is 3. The molecule has 184 valence electrons. The Balaban J connectivity index is 1.43. The second-order valence-electron chi connectivity index (χ2n) is 8.06. The number of nitrogens with zero attached hydrogens (tertiary/aromatic N) is 1. The molecule has 36 heavy (non-hydrogen) atoms. The summed E-state index contributed by atoms with van der Waals surface area (Å²) < 4.78 is 10.8. The average Bonchev–Trinajstić information content (AvgIpc) is 3.42. The molecule has 8 nitrogen and oxygen atoms in total. The molecule has 4 rings (SSSR count). The van der Waals surface area contributed by atoms with Gasteiger partial charge in [0.2, 0.25) is 5.91 Å². The average molecular weight is 505 g/mol. The van der Waals surface area contributed by atoms with Crippen molar-refractivity contribution in [3.63, 3.8) is 0 Å². The first-order valence-electron chi connectivity index (χ1n) is 11.3. The van der Waals surface area contributed by atoms with Crippen LogP contribution >= 0.6 is 11.8 Å². The van der Waals surface area contributed by atoms with Crippen LogP contribution in [0.4, 0.5) is 10.5 Å². The lowest BCUT2D eigenvalue weighted by atomic mass is 10.1. The van der Waals surface area contributed by atoms with E-state index in [0.29, 0.717) is 29.4 Å². The van der Waals surface area contributed by atoms with E-state index in [1.807, 2.05) is 26.0 Å². The maximum absolute atomic E-state index is 12.8. The maximum Gasteiger partial charge on any atom is 0.338 e. The standard InChI is InChI=1S/C27H24N2O6S/c1-4-34-26(32)19-10-8-18(9-11-19)22-13-12-20(35-22)14-23-25(31)29(27(33)36-23)15-24(30)28-21-7-5-6-16(2)17(21)3/h5-14H,4,15H2,1-3H3,(H,28,30)/b23-14+. The number of esters is 1. The summed E-state index contributed by atoms with van der Waals surface area (Å²) in [5, 5.41) is 2.24. The third-order valence-electron chi connectivity index (χ3n) is 5.63. The molecule has 1 aromatic heterocycles. The number of furan rings is 1. The molecule has 3 aromatic rings. The Bertz CT molecular complexity index is 1370. The first-order valence-corrected chi connectivity index (χ1v) is 12.1. The van der Waals surface area contributed by atoms with Crippen molar-refractivity contribution in [2.45, 2.75) is 20.8 Å². The molecule has 0 unspecified atom stereocenters. The van der Waals surface area contributed by atoms with Crippen molar-refractivity contribution in [2.75, 3.05) is 18.5 Å². The topological polar surface area (TPSA) is 106 Å². The minimum absolute atomic E-state index is 0.165. The molecule has 0 aliphatic carbocycles. The lowest BCUT2D eigenvalue weighted by molar-refractivity contribution is -0.127. The fraction of sp³-hybridized carbons (Fsp3) is 0.185. The van der Waals surface area contributed by atoms with Crippen molar-refractivity contribution in [1.29, 1.82) is 0 Å². The van der Waals surface area contributed by atoms with Crippen LogP contribution < -0.4 is 5.32 Å². The molecule has 2 aromatic carbocycles. The van der Waals surface area contributed by atoms with E-state index < -0.39 is 23.0 Å². The molecule has 1 saturated heterocycles. The number of carbonyl (C=O) groups is 4. The summed E-state index contributed by atoms with van der Waals surface area (Å²) in [5.41, 5.74) is 3.75. The normalized spacial score (nSPS) is 14.4. The Kier molecular flexibility index (Phi) is 7.40. The van der Waals surface area contributed by atoms with Gasteiger partial charge in [0.15, 0.2) is 0 Å². The highest BCUT2D eigenvalue weighted by Crippen LogP contribution is 2.33. The van der Waals surface area contributed by atoms with Crippen molar-refractivity contribution in [1.82, 2.24) is 4.90 Å². The van der Waals surface area contributed by atoms with Crippen LogP contribution in [0.5, 0.6) is 0 Å². The molecule has 0 bridgehead atoms. The molecular weight excluding hydrogens is 480 g/mol. The second-order valence-corrected chi connectivity index (χ2v) is 9.06. The van der Waals surface area contributed by atoms with Gasteiger partial charge in [-0.3, -0.25) is 19.3 Å². The largest absolute Gasteiger partial charge is 0.462 e. The monoisotopic (exact) mass is 504 g/mol. The minimum Gasteiger partial charge on any atom is -0.462 e. The Morgan fingerprint density at radius 2 is 1.81 bits per heavy atom. The van der Waals surface area contributed by atoms with E-state index in [-0.39, 0.29) is 11.4 Å². The number of anilines is 1.